The second-order valence-corrected chi connectivity index (χ2v) is 14.2. The molecule has 2 aliphatic carbocycles. The number of nitrogens with one attached hydrogen (secondary N) is 1. The summed E-state index contributed by atoms with van der Waals surface area (Å²) in [7, 11) is -2.94. The van der Waals surface area contributed by atoms with Crippen molar-refractivity contribution in [1.82, 2.24) is 19.7 Å². The zero-order valence-corrected chi connectivity index (χ0v) is 27.7. The van der Waals surface area contributed by atoms with Crippen molar-refractivity contribution in [2.45, 2.75) is 110 Å². The number of nitrogens with zero attached hydrogens (tertiary/aromatic N) is 4. The Labute approximate surface area is 263 Å². The maximum Gasteiger partial charge on any atom is 0.308 e. The highest BCUT2D eigenvalue weighted by atomic mass is 32.2. The average Bonchev–Trinajstić information content (AvgIpc) is 3.56. The molecule has 1 N–H and O–H groups in total. The van der Waals surface area contributed by atoms with Crippen LogP contribution in [0.1, 0.15) is 91.7 Å². The van der Waals surface area contributed by atoms with E-state index in [0.29, 0.717) is 6.42 Å². The summed E-state index contributed by atoms with van der Waals surface area (Å²) in [6, 6.07) is 20.4. The number of hydrogen-bond donors (Lipinski definition) is 1. The van der Waals surface area contributed by atoms with E-state index < -0.39 is 10.0 Å². The summed E-state index contributed by atoms with van der Waals surface area (Å²) < 4.78 is 30.0. The van der Waals surface area contributed by atoms with Gasteiger partial charge in [0.15, 0.2) is 0 Å². The van der Waals surface area contributed by atoms with Gasteiger partial charge in [0.05, 0.1) is 29.7 Å². The topological polar surface area (TPSA) is 127 Å². The molecular formula is C34H47N5O4S. The Balaban J connectivity index is 0.000000209. The average molecular weight is 622 g/mol. The predicted octanol–water partition coefficient (Wildman–Crippen LogP) is 6.86. The molecule has 44 heavy (non-hydrogen) atoms. The molecule has 3 aromatic rings. The van der Waals surface area contributed by atoms with Gasteiger partial charge in [-0.15, -0.1) is 0 Å². The van der Waals surface area contributed by atoms with Gasteiger partial charge in [-0.1, -0.05) is 68.4 Å². The number of nitriles is 1. The number of benzene rings is 2. The first-order valence-electron chi connectivity index (χ1n) is 15.6. The minimum atomic E-state index is -2.94. The number of hydrogen-bond acceptors (Lipinski definition) is 7. The van der Waals surface area contributed by atoms with Crippen LogP contribution in [0.2, 0.25) is 0 Å². The quantitative estimate of drug-likeness (QED) is 0.259. The molecule has 2 aromatic carbocycles. The fraction of sp³-hybridized carbons (Fsp3) is 0.529. The fourth-order valence-electron chi connectivity index (χ4n) is 4.52. The summed E-state index contributed by atoms with van der Waals surface area (Å²) in [6.45, 7) is 11.5. The minimum Gasteiger partial charge on any atom is -0.462 e. The number of rotatable bonds is 9. The van der Waals surface area contributed by atoms with E-state index in [0.717, 1.165) is 53.8 Å². The van der Waals surface area contributed by atoms with Crippen molar-refractivity contribution in [3.63, 3.8) is 0 Å². The molecule has 9 nitrogen and oxygen atoms in total. The molecule has 0 unspecified atom stereocenters. The van der Waals surface area contributed by atoms with Crippen molar-refractivity contribution in [1.29, 1.82) is 5.26 Å². The first-order valence-corrected chi connectivity index (χ1v) is 17.2. The van der Waals surface area contributed by atoms with Gasteiger partial charge in [-0.25, -0.2) is 13.1 Å². The van der Waals surface area contributed by atoms with Crippen molar-refractivity contribution in [3.8, 4) is 28.6 Å². The van der Waals surface area contributed by atoms with Gasteiger partial charge in [0, 0.05) is 17.2 Å². The Bertz CT molecular complexity index is 1470. The van der Waals surface area contributed by atoms with Crippen molar-refractivity contribution in [3.05, 3.63) is 60.2 Å². The third kappa shape index (κ3) is 10.9. The Hall–Kier alpha value is -3.55. The number of carbonyl (C=O) groups is 1. The van der Waals surface area contributed by atoms with Crippen LogP contribution in [0.4, 0.5) is 0 Å². The summed E-state index contributed by atoms with van der Waals surface area (Å²) in [6.07, 6.45) is 6.89. The lowest BCUT2D eigenvalue weighted by molar-refractivity contribution is -0.152. The van der Waals surface area contributed by atoms with E-state index >= 15 is 0 Å². The molecule has 0 spiro atoms. The molecule has 238 valence electrons. The molecule has 0 aliphatic heterocycles. The maximum absolute atomic E-state index is 11.1. The summed E-state index contributed by atoms with van der Waals surface area (Å²) in [5, 5.41) is 18.0. The second-order valence-electron chi connectivity index (χ2n) is 12.2. The molecule has 0 bridgehead atoms. The third-order valence-electron chi connectivity index (χ3n) is 7.07. The van der Waals surface area contributed by atoms with E-state index in [4.69, 9.17) is 10.00 Å². The minimum absolute atomic E-state index is 0.0237. The second kappa shape index (κ2) is 16.5. The van der Waals surface area contributed by atoms with Gasteiger partial charge in [0.1, 0.15) is 17.5 Å². The van der Waals surface area contributed by atoms with E-state index in [2.05, 4.69) is 34.8 Å². The van der Waals surface area contributed by atoms with Gasteiger partial charge < -0.3 is 4.74 Å². The van der Waals surface area contributed by atoms with Crippen LogP contribution in [-0.4, -0.2) is 46.8 Å². The lowest BCUT2D eigenvalue weighted by Crippen LogP contribution is -2.32. The molecule has 1 heterocycles. The van der Waals surface area contributed by atoms with Gasteiger partial charge in [-0.05, 0) is 71.8 Å². The van der Waals surface area contributed by atoms with Crippen LogP contribution in [0.5, 0.6) is 0 Å². The predicted molar refractivity (Wildman–Crippen MR) is 174 cm³/mol. The highest BCUT2D eigenvalue weighted by Crippen LogP contribution is 2.30. The maximum atomic E-state index is 11.1. The highest BCUT2D eigenvalue weighted by molar-refractivity contribution is 7.90. The summed E-state index contributed by atoms with van der Waals surface area (Å²) in [5.74, 6) is -0.0208. The van der Waals surface area contributed by atoms with Crippen LogP contribution in [-0.2, 0) is 26.0 Å². The smallest absolute Gasteiger partial charge is 0.308 e. The summed E-state index contributed by atoms with van der Waals surface area (Å²) >= 11 is 0. The Morgan fingerprint density at radius 1 is 0.909 bits per heavy atom. The lowest BCUT2D eigenvalue weighted by atomic mass is 10.0. The van der Waals surface area contributed by atoms with Crippen molar-refractivity contribution < 1.29 is 17.9 Å². The first kappa shape index (κ1) is 34.9. The molecule has 5 rings (SSSR count). The molecule has 0 saturated heterocycles. The van der Waals surface area contributed by atoms with Gasteiger partial charge in [0.2, 0.25) is 10.0 Å². The van der Waals surface area contributed by atoms with E-state index in [1.807, 2.05) is 82.3 Å². The largest absolute Gasteiger partial charge is 0.462 e. The van der Waals surface area contributed by atoms with E-state index in [9.17, 15) is 13.2 Å². The number of esters is 1. The first-order chi connectivity index (χ1) is 20.9. The molecule has 2 fully saturated rings. The standard InChI is InChI=1S/C19H18N4.C9H16O2.C6H13NO2S/c1-14(2)23-21-18(16-6-4-3-5-7-16)19(22-23)17-10-8-15(9-11-17)12-13-20;1-7(2)9(10)11-8-5-3-4-6-8;1-5(2)7-10(8,9)6-3-4-6/h3-11,14H,12H2,1-2H3;7-8H,3-6H2,1-2H3;5-7H,3-4H2,1-2H3. The van der Waals surface area contributed by atoms with Crippen molar-refractivity contribution in [2.24, 2.45) is 5.92 Å². The molecule has 2 saturated carbocycles. The SMILES string of the molecule is CC(C)C(=O)OC1CCCC1.CC(C)NS(=O)(=O)C1CC1.CC(C)n1nc(-c2ccccc2)c(-c2ccc(CC#N)cc2)n1. The van der Waals surface area contributed by atoms with Crippen LogP contribution >= 0.6 is 0 Å². The Morgan fingerprint density at radius 3 is 1.91 bits per heavy atom. The molecule has 2 aliphatic rings. The number of carbonyl (C=O) groups excluding carboxylic acids is 1. The van der Waals surface area contributed by atoms with Gasteiger partial charge >= 0.3 is 5.97 Å². The third-order valence-corrected chi connectivity index (χ3v) is 9.22. The number of sulfonamides is 1. The van der Waals surface area contributed by atoms with Gasteiger partial charge in [-0.3, -0.25) is 4.79 Å². The Morgan fingerprint density at radius 2 is 1.45 bits per heavy atom. The fourth-order valence-corrected chi connectivity index (χ4v) is 6.13. The van der Waals surface area contributed by atoms with Crippen LogP contribution in [0.15, 0.2) is 54.6 Å². The zero-order valence-electron chi connectivity index (χ0n) is 26.9. The monoisotopic (exact) mass is 621 g/mol. The molecule has 0 amide bonds. The molecule has 1 aromatic heterocycles. The van der Waals surface area contributed by atoms with E-state index in [-0.39, 0.29) is 35.3 Å². The van der Waals surface area contributed by atoms with E-state index in [1.54, 1.807) is 4.80 Å². The van der Waals surface area contributed by atoms with Crippen LogP contribution in [0.3, 0.4) is 0 Å². The molecule has 0 radical (unpaired) electrons. The summed E-state index contributed by atoms with van der Waals surface area (Å²) in [5.41, 5.74) is 4.82. The van der Waals surface area contributed by atoms with Crippen LogP contribution in [0.25, 0.3) is 22.5 Å². The zero-order chi connectivity index (χ0) is 32.3. The van der Waals surface area contributed by atoms with Gasteiger partial charge in [-0.2, -0.15) is 20.3 Å². The van der Waals surface area contributed by atoms with Crippen molar-refractivity contribution in [2.75, 3.05) is 0 Å². The molecule has 0 atom stereocenters. The molecule has 10 heteroatoms. The highest BCUT2D eigenvalue weighted by Gasteiger charge is 2.35. The van der Waals surface area contributed by atoms with E-state index in [1.165, 1.54) is 12.8 Å². The van der Waals surface area contributed by atoms with Crippen LogP contribution < -0.4 is 4.72 Å². The lowest BCUT2D eigenvalue weighted by Gasteiger charge is -2.12. The number of ether oxygens (including phenoxy) is 1. The number of aromatic nitrogens is 3. The van der Waals surface area contributed by atoms with Crippen molar-refractivity contribution >= 4 is 16.0 Å². The molecular weight excluding hydrogens is 574 g/mol. The van der Waals surface area contributed by atoms with Crippen LogP contribution in [0, 0.1) is 17.2 Å². The summed E-state index contributed by atoms with van der Waals surface area (Å²) in [4.78, 5) is 12.8. The normalized spacial score (nSPS) is 14.9. The Kier molecular flexibility index (Phi) is 13.1. The van der Waals surface area contributed by atoms with Gasteiger partial charge in [0.25, 0.3) is 0 Å².